The van der Waals surface area contributed by atoms with Crippen molar-refractivity contribution in [3.8, 4) is 17.1 Å². The fraction of sp³-hybridized carbons (Fsp3) is 0.318. The number of rotatable bonds is 4. The van der Waals surface area contributed by atoms with Gasteiger partial charge in [-0.3, -0.25) is 0 Å². The van der Waals surface area contributed by atoms with Gasteiger partial charge in [-0.25, -0.2) is 14.8 Å². The van der Waals surface area contributed by atoms with Gasteiger partial charge in [-0.05, 0) is 43.3 Å². The number of benzene rings is 2. The van der Waals surface area contributed by atoms with Gasteiger partial charge in [0.05, 0.1) is 23.8 Å². The highest BCUT2D eigenvalue weighted by Gasteiger charge is 2.19. The Hall–Kier alpha value is -3.19. The topological polar surface area (TPSA) is 96.4 Å². The van der Waals surface area contributed by atoms with Gasteiger partial charge in [0.15, 0.2) is 5.82 Å². The monoisotopic (exact) mass is 394 g/mol. The van der Waals surface area contributed by atoms with Gasteiger partial charge >= 0.3 is 5.97 Å². The molecule has 0 amide bonds. The van der Waals surface area contributed by atoms with Crippen LogP contribution < -0.4 is 10.6 Å². The van der Waals surface area contributed by atoms with Crippen LogP contribution in [-0.4, -0.2) is 47.3 Å². The molecule has 1 saturated heterocycles. The number of nitrogens with one attached hydrogen (secondary N) is 2. The average molecular weight is 394 g/mol. The summed E-state index contributed by atoms with van der Waals surface area (Å²) in [6.07, 6.45) is 1.01. The first kappa shape index (κ1) is 20.5. The lowest BCUT2D eigenvalue weighted by Gasteiger charge is -2.15. The largest absolute Gasteiger partial charge is 0.507 e. The second kappa shape index (κ2) is 9.34. The molecular weight excluding hydrogens is 368 g/mol. The van der Waals surface area contributed by atoms with Gasteiger partial charge in [-0.2, -0.15) is 0 Å². The molecule has 1 fully saturated rings. The van der Waals surface area contributed by atoms with E-state index in [0.29, 0.717) is 22.8 Å². The molecule has 0 radical (unpaired) electrons. The first-order chi connectivity index (χ1) is 14.2. The number of anilines is 1. The van der Waals surface area contributed by atoms with Gasteiger partial charge in [0.1, 0.15) is 11.6 Å². The standard InChI is InChI=1S/C20H20N4O3.C2H6/c1-27-20(26)12-6-7-17(25)15(10-12)19-23-16-5-3-2-4-14(16)18(24-19)22-13-8-9-21-11-13;1-2/h2-7,10,13,21,25H,8-9,11H2,1H3,(H,22,23,24);1-2H3. The van der Waals surface area contributed by atoms with Crippen LogP contribution in [0.3, 0.4) is 0 Å². The molecule has 152 valence electrons. The summed E-state index contributed by atoms with van der Waals surface area (Å²) >= 11 is 0. The summed E-state index contributed by atoms with van der Waals surface area (Å²) in [5.41, 5.74) is 1.48. The van der Waals surface area contributed by atoms with Crippen LogP contribution in [0.15, 0.2) is 42.5 Å². The predicted octanol–water partition coefficient (Wildman–Crippen LogP) is 3.59. The highest BCUT2D eigenvalue weighted by molar-refractivity contribution is 5.93. The molecule has 0 aliphatic carbocycles. The maximum absolute atomic E-state index is 11.9. The lowest BCUT2D eigenvalue weighted by Crippen LogP contribution is -2.23. The molecule has 0 spiro atoms. The van der Waals surface area contributed by atoms with E-state index in [2.05, 4.69) is 20.6 Å². The number of phenolic OH excluding ortho intramolecular Hbond substituents is 1. The summed E-state index contributed by atoms with van der Waals surface area (Å²) in [7, 11) is 1.32. The van der Waals surface area contributed by atoms with Gasteiger partial charge in [-0.1, -0.05) is 26.0 Å². The first-order valence-corrected chi connectivity index (χ1v) is 9.81. The van der Waals surface area contributed by atoms with Crippen LogP contribution in [0.25, 0.3) is 22.3 Å². The van der Waals surface area contributed by atoms with Crippen molar-refractivity contribution in [2.75, 3.05) is 25.5 Å². The molecule has 1 atom stereocenters. The minimum atomic E-state index is -0.479. The smallest absolute Gasteiger partial charge is 0.337 e. The third-order valence-corrected chi connectivity index (χ3v) is 4.66. The van der Waals surface area contributed by atoms with E-state index in [1.165, 1.54) is 19.2 Å². The Morgan fingerprint density at radius 3 is 2.72 bits per heavy atom. The van der Waals surface area contributed by atoms with E-state index in [-0.39, 0.29) is 11.8 Å². The van der Waals surface area contributed by atoms with E-state index in [1.807, 2.05) is 38.1 Å². The Bertz CT molecular complexity index is 1000. The molecule has 1 aliphatic heterocycles. The zero-order chi connectivity index (χ0) is 20.8. The number of phenols is 1. The summed E-state index contributed by atoms with van der Waals surface area (Å²) in [6.45, 7) is 5.84. The zero-order valence-corrected chi connectivity index (χ0v) is 16.9. The molecular formula is C22H26N4O3. The van der Waals surface area contributed by atoms with Crippen molar-refractivity contribution in [3.63, 3.8) is 0 Å². The van der Waals surface area contributed by atoms with Gasteiger partial charge < -0.3 is 20.5 Å². The average Bonchev–Trinajstić information content (AvgIpc) is 3.28. The fourth-order valence-electron chi connectivity index (χ4n) is 3.24. The minimum Gasteiger partial charge on any atom is -0.507 e. The lowest BCUT2D eigenvalue weighted by molar-refractivity contribution is 0.0601. The van der Waals surface area contributed by atoms with E-state index in [9.17, 15) is 9.90 Å². The first-order valence-electron chi connectivity index (χ1n) is 9.81. The molecule has 29 heavy (non-hydrogen) atoms. The number of hydrogen-bond donors (Lipinski definition) is 3. The summed E-state index contributed by atoms with van der Waals surface area (Å²) in [4.78, 5) is 21.1. The molecule has 3 aromatic rings. The molecule has 3 N–H and O–H groups in total. The normalized spacial score (nSPS) is 15.5. The van der Waals surface area contributed by atoms with E-state index in [1.54, 1.807) is 6.07 Å². The second-order valence-electron chi connectivity index (χ2n) is 6.47. The summed E-state index contributed by atoms with van der Waals surface area (Å²) in [6, 6.07) is 12.5. The van der Waals surface area contributed by atoms with Crippen LogP contribution in [0.4, 0.5) is 5.82 Å². The number of aromatic nitrogens is 2. The van der Waals surface area contributed by atoms with E-state index in [4.69, 9.17) is 4.74 Å². The van der Waals surface area contributed by atoms with Gasteiger partial charge in [0.2, 0.25) is 0 Å². The maximum atomic E-state index is 11.9. The lowest BCUT2D eigenvalue weighted by atomic mass is 10.1. The molecule has 1 unspecified atom stereocenters. The fourth-order valence-corrected chi connectivity index (χ4v) is 3.24. The maximum Gasteiger partial charge on any atom is 0.337 e. The summed E-state index contributed by atoms with van der Waals surface area (Å²) in [5.74, 6) is 0.594. The summed E-state index contributed by atoms with van der Waals surface area (Å²) in [5, 5.41) is 18.0. The van der Waals surface area contributed by atoms with E-state index in [0.717, 1.165) is 30.4 Å². The van der Waals surface area contributed by atoms with Crippen LogP contribution >= 0.6 is 0 Å². The van der Waals surface area contributed by atoms with Gasteiger partial charge in [0.25, 0.3) is 0 Å². The number of fused-ring (bicyclic) bond motifs is 1. The third kappa shape index (κ3) is 4.46. The Morgan fingerprint density at radius 1 is 1.21 bits per heavy atom. The SMILES string of the molecule is CC.COC(=O)c1ccc(O)c(-c2nc(NC3CCNC3)c3ccccc3n2)c1. The Morgan fingerprint density at radius 2 is 2.00 bits per heavy atom. The molecule has 1 aromatic heterocycles. The number of ether oxygens (including phenoxy) is 1. The molecule has 2 aromatic carbocycles. The molecule has 4 rings (SSSR count). The highest BCUT2D eigenvalue weighted by atomic mass is 16.5. The Labute approximate surface area is 170 Å². The number of carbonyl (C=O) groups excluding carboxylic acids is 1. The molecule has 7 nitrogen and oxygen atoms in total. The number of aromatic hydroxyl groups is 1. The molecule has 1 aliphatic rings. The zero-order valence-electron chi connectivity index (χ0n) is 16.9. The van der Waals surface area contributed by atoms with Crippen LogP contribution in [0.1, 0.15) is 30.6 Å². The quantitative estimate of drug-likeness (QED) is 0.582. The number of para-hydroxylation sites is 1. The van der Waals surface area contributed by atoms with Crippen molar-refractivity contribution < 1.29 is 14.6 Å². The van der Waals surface area contributed by atoms with Crippen molar-refractivity contribution in [3.05, 3.63) is 48.0 Å². The number of hydrogen-bond acceptors (Lipinski definition) is 7. The number of esters is 1. The number of methoxy groups -OCH3 is 1. The van der Waals surface area contributed by atoms with Crippen LogP contribution in [0, 0.1) is 0 Å². The van der Waals surface area contributed by atoms with E-state index >= 15 is 0 Å². The van der Waals surface area contributed by atoms with E-state index < -0.39 is 5.97 Å². The predicted molar refractivity (Wildman–Crippen MR) is 114 cm³/mol. The third-order valence-electron chi connectivity index (χ3n) is 4.66. The number of carbonyl (C=O) groups is 1. The minimum absolute atomic E-state index is 0.00594. The second-order valence-corrected chi connectivity index (χ2v) is 6.47. The molecule has 2 heterocycles. The van der Waals surface area contributed by atoms with Crippen LogP contribution in [0.2, 0.25) is 0 Å². The molecule has 0 saturated carbocycles. The van der Waals surface area contributed by atoms with Crippen molar-refractivity contribution in [2.24, 2.45) is 0 Å². The molecule has 7 heteroatoms. The van der Waals surface area contributed by atoms with Crippen molar-refractivity contribution >= 4 is 22.7 Å². The Balaban J connectivity index is 0.00000117. The van der Waals surface area contributed by atoms with Crippen LogP contribution in [-0.2, 0) is 4.74 Å². The molecule has 0 bridgehead atoms. The highest BCUT2D eigenvalue weighted by Crippen LogP contribution is 2.31. The van der Waals surface area contributed by atoms with Crippen molar-refractivity contribution in [2.45, 2.75) is 26.3 Å². The summed E-state index contributed by atoms with van der Waals surface area (Å²) < 4.78 is 4.77. The Kier molecular flexibility index (Phi) is 6.61. The van der Waals surface area contributed by atoms with Crippen molar-refractivity contribution in [1.82, 2.24) is 15.3 Å². The van der Waals surface area contributed by atoms with Crippen molar-refractivity contribution in [1.29, 1.82) is 0 Å². The van der Waals surface area contributed by atoms with Gasteiger partial charge in [-0.15, -0.1) is 0 Å². The van der Waals surface area contributed by atoms with Gasteiger partial charge in [0, 0.05) is 18.0 Å². The van der Waals surface area contributed by atoms with Crippen LogP contribution in [0.5, 0.6) is 5.75 Å². The number of nitrogens with zero attached hydrogens (tertiary/aromatic N) is 2.